The van der Waals surface area contributed by atoms with Gasteiger partial charge in [-0.1, -0.05) is 12.1 Å². The first-order chi connectivity index (χ1) is 11.7. The zero-order valence-electron chi connectivity index (χ0n) is 16.1. The molecule has 0 aliphatic carbocycles. The second-order valence-corrected chi connectivity index (χ2v) is 9.23. The average Bonchev–Trinajstić information content (AvgIpc) is 2.97. The molecule has 1 aromatic rings. The van der Waals surface area contributed by atoms with Crippen LogP contribution in [0.15, 0.2) is 24.3 Å². The minimum atomic E-state index is 0.0405. The van der Waals surface area contributed by atoms with Crippen LogP contribution in [0.2, 0.25) is 0 Å². The highest BCUT2D eigenvalue weighted by molar-refractivity contribution is 5.94. The van der Waals surface area contributed by atoms with E-state index >= 15 is 0 Å². The van der Waals surface area contributed by atoms with E-state index in [1.807, 2.05) is 12.1 Å². The van der Waals surface area contributed by atoms with Crippen molar-refractivity contribution >= 4 is 5.91 Å². The molecule has 2 aliphatic rings. The molecule has 0 radical (unpaired) electrons. The fraction of sp³-hybridized carbons (Fsp3) is 0.667. The summed E-state index contributed by atoms with van der Waals surface area (Å²) in [5.41, 5.74) is 2.18. The number of carbonyl (C=O) groups excluding carboxylic acids is 1. The van der Waals surface area contributed by atoms with Crippen LogP contribution in [0, 0.1) is 5.92 Å². The van der Waals surface area contributed by atoms with E-state index in [0.29, 0.717) is 0 Å². The first kappa shape index (κ1) is 18.4. The number of carbonyl (C=O) groups is 1. The first-order valence-corrected chi connectivity index (χ1v) is 9.62. The van der Waals surface area contributed by atoms with E-state index < -0.39 is 0 Å². The molecule has 4 nitrogen and oxygen atoms in total. The Kier molecular flexibility index (Phi) is 5.21. The highest BCUT2D eigenvalue weighted by Crippen LogP contribution is 2.28. The Morgan fingerprint density at radius 1 is 1.12 bits per heavy atom. The van der Waals surface area contributed by atoms with Gasteiger partial charge in [-0.25, -0.2) is 0 Å². The zero-order valence-corrected chi connectivity index (χ0v) is 16.1. The van der Waals surface area contributed by atoms with E-state index in [-0.39, 0.29) is 23.0 Å². The Bertz CT molecular complexity index is 584. The molecule has 1 amide bonds. The highest BCUT2D eigenvalue weighted by atomic mass is 16.1. The highest BCUT2D eigenvalue weighted by Gasteiger charge is 2.38. The second kappa shape index (κ2) is 7.08. The monoisotopic (exact) mass is 343 g/mol. The maximum Gasteiger partial charge on any atom is 0.251 e. The smallest absolute Gasteiger partial charge is 0.251 e. The summed E-state index contributed by atoms with van der Waals surface area (Å²) in [6.45, 7) is 11.1. The van der Waals surface area contributed by atoms with Crippen LogP contribution in [-0.2, 0) is 6.42 Å². The lowest BCUT2D eigenvalue weighted by Crippen LogP contribution is -2.62. The molecule has 2 fully saturated rings. The van der Waals surface area contributed by atoms with Crippen LogP contribution in [0.3, 0.4) is 0 Å². The molecule has 0 saturated carbocycles. The largest absolute Gasteiger partial charge is 0.349 e. The van der Waals surface area contributed by atoms with Crippen LogP contribution < -0.4 is 16.0 Å². The fourth-order valence-electron chi connectivity index (χ4n) is 4.71. The predicted octanol–water partition coefficient (Wildman–Crippen LogP) is 2.88. The predicted molar refractivity (Wildman–Crippen MR) is 103 cm³/mol. The number of rotatable bonds is 4. The molecule has 3 N–H and O–H groups in total. The van der Waals surface area contributed by atoms with E-state index in [1.165, 1.54) is 12.0 Å². The van der Waals surface area contributed by atoms with E-state index in [4.69, 9.17) is 0 Å². The number of hydrogen-bond acceptors (Lipinski definition) is 3. The van der Waals surface area contributed by atoms with Gasteiger partial charge in [0.1, 0.15) is 0 Å². The van der Waals surface area contributed by atoms with Gasteiger partial charge in [0, 0.05) is 22.7 Å². The molecule has 2 saturated heterocycles. The molecule has 1 atom stereocenters. The Labute approximate surface area is 152 Å². The summed E-state index contributed by atoms with van der Waals surface area (Å²) < 4.78 is 0. The van der Waals surface area contributed by atoms with Crippen LogP contribution in [0.1, 0.15) is 62.9 Å². The van der Waals surface area contributed by atoms with Crippen molar-refractivity contribution < 1.29 is 4.79 Å². The number of amides is 1. The van der Waals surface area contributed by atoms with Gasteiger partial charge in [-0.05, 0) is 90.1 Å². The Morgan fingerprint density at radius 3 is 2.32 bits per heavy atom. The lowest BCUT2D eigenvalue weighted by molar-refractivity contribution is 0.0873. The normalized spacial score (nSPS) is 25.7. The maximum atomic E-state index is 12.6. The van der Waals surface area contributed by atoms with E-state index in [2.05, 4.69) is 55.8 Å². The molecule has 2 aliphatic heterocycles. The third kappa shape index (κ3) is 5.05. The molecular weight excluding hydrogens is 310 g/mol. The van der Waals surface area contributed by atoms with E-state index in [0.717, 1.165) is 43.8 Å². The number of benzene rings is 1. The van der Waals surface area contributed by atoms with Gasteiger partial charge < -0.3 is 16.0 Å². The summed E-state index contributed by atoms with van der Waals surface area (Å²) in [6.07, 6.45) is 4.26. The standard InChI is InChI=1S/C21H33N3O/c1-20(2)12-18(13-21(3,4)24-20)23-19(25)17-7-5-15(6-8-17)11-16-9-10-22-14-16/h5-8,16,18,22,24H,9-14H2,1-4H3,(H,23,25). The van der Waals surface area contributed by atoms with Crippen molar-refractivity contribution in [1.82, 2.24) is 16.0 Å². The summed E-state index contributed by atoms with van der Waals surface area (Å²) >= 11 is 0. The number of nitrogens with one attached hydrogen (secondary N) is 3. The van der Waals surface area contributed by atoms with Gasteiger partial charge in [-0.2, -0.15) is 0 Å². The summed E-state index contributed by atoms with van der Waals surface area (Å²) in [4.78, 5) is 12.6. The van der Waals surface area contributed by atoms with E-state index in [9.17, 15) is 4.79 Å². The average molecular weight is 344 g/mol. The molecule has 0 spiro atoms. The topological polar surface area (TPSA) is 53.2 Å². The molecule has 2 heterocycles. The zero-order chi connectivity index (χ0) is 18.1. The Hall–Kier alpha value is -1.39. The lowest BCUT2D eigenvalue weighted by atomic mass is 9.79. The summed E-state index contributed by atoms with van der Waals surface area (Å²) in [7, 11) is 0. The van der Waals surface area contributed by atoms with Gasteiger partial charge in [0.15, 0.2) is 0 Å². The minimum Gasteiger partial charge on any atom is -0.349 e. The Balaban J connectivity index is 1.59. The van der Waals surface area contributed by atoms with Crippen molar-refractivity contribution in [2.75, 3.05) is 13.1 Å². The quantitative estimate of drug-likeness (QED) is 0.788. The SMILES string of the molecule is CC1(C)CC(NC(=O)c2ccc(CC3CCNC3)cc2)CC(C)(C)N1. The van der Waals surface area contributed by atoms with Crippen molar-refractivity contribution in [1.29, 1.82) is 0 Å². The van der Waals surface area contributed by atoms with Crippen molar-refractivity contribution in [3.8, 4) is 0 Å². The van der Waals surface area contributed by atoms with Gasteiger partial charge in [0.2, 0.25) is 0 Å². The van der Waals surface area contributed by atoms with Crippen LogP contribution in [0.25, 0.3) is 0 Å². The second-order valence-electron chi connectivity index (χ2n) is 9.23. The molecule has 25 heavy (non-hydrogen) atoms. The molecule has 0 bridgehead atoms. The van der Waals surface area contributed by atoms with Crippen LogP contribution in [0.4, 0.5) is 0 Å². The van der Waals surface area contributed by atoms with Crippen molar-refractivity contribution in [3.63, 3.8) is 0 Å². The fourth-order valence-corrected chi connectivity index (χ4v) is 4.71. The van der Waals surface area contributed by atoms with Gasteiger partial charge in [0.05, 0.1) is 0 Å². The van der Waals surface area contributed by atoms with Gasteiger partial charge in [-0.15, -0.1) is 0 Å². The molecule has 1 unspecified atom stereocenters. The number of hydrogen-bond donors (Lipinski definition) is 3. The minimum absolute atomic E-state index is 0.0405. The summed E-state index contributed by atoms with van der Waals surface area (Å²) in [5, 5.41) is 10.3. The summed E-state index contributed by atoms with van der Waals surface area (Å²) in [5.74, 6) is 0.784. The molecule has 4 heteroatoms. The van der Waals surface area contributed by atoms with Crippen LogP contribution >= 0.6 is 0 Å². The maximum absolute atomic E-state index is 12.6. The van der Waals surface area contributed by atoms with Crippen LogP contribution in [-0.4, -0.2) is 36.1 Å². The van der Waals surface area contributed by atoms with Gasteiger partial charge in [0.25, 0.3) is 5.91 Å². The van der Waals surface area contributed by atoms with Crippen molar-refractivity contribution in [2.45, 2.75) is 70.5 Å². The Morgan fingerprint density at radius 2 is 1.76 bits per heavy atom. The first-order valence-electron chi connectivity index (χ1n) is 9.62. The van der Waals surface area contributed by atoms with Gasteiger partial charge >= 0.3 is 0 Å². The third-order valence-electron chi connectivity index (χ3n) is 5.43. The molecule has 0 aromatic heterocycles. The third-order valence-corrected chi connectivity index (χ3v) is 5.43. The van der Waals surface area contributed by atoms with Crippen molar-refractivity contribution in [2.24, 2.45) is 5.92 Å². The van der Waals surface area contributed by atoms with Gasteiger partial charge in [-0.3, -0.25) is 4.79 Å². The lowest BCUT2D eigenvalue weighted by Gasteiger charge is -2.46. The molecule has 138 valence electrons. The molecule has 1 aromatic carbocycles. The van der Waals surface area contributed by atoms with E-state index in [1.54, 1.807) is 0 Å². The molecular formula is C21H33N3O. The number of piperidine rings is 1. The van der Waals surface area contributed by atoms with Crippen LogP contribution in [0.5, 0.6) is 0 Å². The summed E-state index contributed by atoms with van der Waals surface area (Å²) in [6, 6.07) is 8.39. The van der Waals surface area contributed by atoms with Crippen molar-refractivity contribution in [3.05, 3.63) is 35.4 Å². The molecule has 3 rings (SSSR count).